The van der Waals surface area contributed by atoms with Crippen molar-refractivity contribution >= 4 is 27.7 Å². The lowest BCUT2D eigenvalue weighted by atomic mass is 10.2. The third-order valence-electron chi connectivity index (χ3n) is 3.43. The fraction of sp³-hybridized carbons (Fsp3) is 0.429. The smallest absolute Gasteiger partial charge is 0.252 e. The average molecular weight is 341 g/mol. The quantitative estimate of drug-likeness (QED) is 0.864. The fourth-order valence-electron chi connectivity index (χ4n) is 2.35. The first-order valence-electron chi connectivity index (χ1n) is 6.56. The first-order valence-corrected chi connectivity index (χ1v) is 7.36. The molecule has 0 radical (unpaired) electrons. The summed E-state index contributed by atoms with van der Waals surface area (Å²) in [6.45, 7) is 0.579. The summed E-state index contributed by atoms with van der Waals surface area (Å²) >= 11 is 3.30. The van der Waals surface area contributed by atoms with Gasteiger partial charge in [-0.2, -0.15) is 0 Å². The summed E-state index contributed by atoms with van der Waals surface area (Å²) in [5.74, 6) is -0.437. The first kappa shape index (κ1) is 15.0. The van der Waals surface area contributed by atoms with Crippen LogP contribution in [0, 0.1) is 0 Å². The molecule has 108 valence electrons. The molecule has 5 nitrogen and oxygen atoms in total. The lowest BCUT2D eigenvalue weighted by molar-refractivity contribution is -0.131. The van der Waals surface area contributed by atoms with Gasteiger partial charge in [0, 0.05) is 11.0 Å². The molecular formula is C14H17BrN2O3. The zero-order valence-corrected chi connectivity index (χ0v) is 12.6. The Kier molecular flexibility index (Phi) is 5.14. The molecular weight excluding hydrogens is 324 g/mol. The van der Waals surface area contributed by atoms with E-state index in [9.17, 15) is 14.7 Å². The van der Waals surface area contributed by atoms with E-state index in [2.05, 4.69) is 21.2 Å². The van der Waals surface area contributed by atoms with E-state index in [1.54, 1.807) is 23.1 Å². The van der Waals surface area contributed by atoms with Gasteiger partial charge in [0.25, 0.3) is 5.91 Å². The molecule has 1 atom stereocenters. The molecule has 1 fully saturated rings. The second kappa shape index (κ2) is 6.85. The molecule has 1 aliphatic heterocycles. The highest BCUT2D eigenvalue weighted by Gasteiger charge is 2.27. The predicted octanol–water partition coefficient (Wildman–Crippen LogP) is 1.16. The number of aliphatic hydroxyl groups is 1. The van der Waals surface area contributed by atoms with Crippen LogP contribution in [0.3, 0.4) is 0 Å². The molecule has 1 aromatic carbocycles. The van der Waals surface area contributed by atoms with Gasteiger partial charge in [-0.1, -0.05) is 12.1 Å². The summed E-state index contributed by atoms with van der Waals surface area (Å²) in [4.78, 5) is 25.6. The Morgan fingerprint density at radius 3 is 2.85 bits per heavy atom. The summed E-state index contributed by atoms with van der Waals surface area (Å²) in [7, 11) is 0. The van der Waals surface area contributed by atoms with Crippen molar-refractivity contribution in [1.29, 1.82) is 0 Å². The topological polar surface area (TPSA) is 69.6 Å². The number of nitrogens with one attached hydrogen (secondary N) is 1. The van der Waals surface area contributed by atoms with E-state index in [0.29, 0.717) is 16.6 Å². The summed E-state index contributed by atoms with van der Waals surface area (Å²) in [5.41, 5.74) is 0.500. The van der Waals surface area contributed by atoms with Crippen molar-refractivity contribution in [3.63, 3.8) is 0 Å². The zero-order chi connectivity index (χ0) is 14.5. The molecule has 0 aliphatic carbocycles. The van der Waals surface area contributed by atoms with E-state index < -0.39 is 0 Å². The number of nitrogens with zero attached hydrogens (tertiary/aromatic N) is 1. The summed E-state index contributed by atoms with van der Waals surface area (Å²) in [6, 6.07) is 6.95. The molecule has 2 amide bonds. The summed E-state index contributed by atoms with van der Waals surface area (Å²) in [6.07, 6.45) is 1.72. The van der Waals surface area contributed by atoms with Crippen LogP contribution in [0.4, 0.5) is 0 Å². The summed E-state index contributed by atoms with van der Waals surface area (Å²) in [5, 5.41) is 11.8. The highest BCUT2D eigenvalue weighted by molar-refractivity contribution is 9.10. The van der Waals surface area contributed by atoms with Gasteiger partial charge in [-0.3, -0.25) is 9.59 Å². The number of hydrogen-bond acceptors (Lipinski definition) is 3. The molecule has 0 aromatic heterocycles. The fourth-order valence-corrected chi connectivity index (χ4v) is 2.82. The highest BCUT2D eigenvalue weighted by atomic mass is 79.9. The van der Waals surface area contributed by atoms with E-state index >= 15 is 0 Å². The molecule has 2 rings (SSSR count). The van der Waals surface area contributed by atoms with Gasteiger partial charge in [0.15, 0.2) is 0 Å². The van der Waals surface area contributed by atoms with Gasteiger partial charge in [-0.05, 0) is 40.9 Å². The maximum Gasteiger partial charge on any atom is 0.252 e. The third kappa shape index (κ3) is 3.37. The van der Waals surface area contributed by atoms with E-state index in [-0.39, 0.29) is 31.0 Å². The van der Waals surface area contributed by atoms with Crippen LogP contribution in [0.15, 0.2) is 28.7 Å². The second-order valence-electron chi connectivity index (χ2n) is 4.73. The van der Waals surface area contributed by atoms with Gasteiger partial charge in [0.05, 0.1) is 24.8 Å². The monoisotopic (exact) mass is 340 g/mol. The Morgan fingerprint density at radius 2 is 2.15 bits per heavy atom. The Balaban J connectivity index is 1.90. The highest BCUT2D eigenvalue weighted by Crippen LogP contribution is 2.17. The minimum Gasteiger partial charge on any atom is -0.394 e. The van der Waals surface area contributed by atoms with Crippen LogP contribution < -0.4 is 5.32 Å². The van der Waals surface area contributed by atoms with Crippen molar-refractivity contribution in [2.45, 2.75) is 18.9 Å². The molecule has 0 unspecified atom stereocenters. The van der Waals surface area contributed by atoms with Gasteiger partial charge in [-0.15, -0.1) is 0 Å². The van der Waals surface area contributed by atoms with Gasteiger partial charge < -0.3 is 15.3 Å². The van der Waals surface area contributed by atoms with E-state index in [1.807, 2.05) is 6.07 Å². The molecule has 1 aromatic rings. The molecule has 1 aliphatic rings. The van der Waals surface area contributed by atoms with Crippen LogP contribution in [-0.2, 0) is 4.79 Å². The van der Waals surface area contributed by atoms with Crippen LogP contribution in [0.2, 0.25) is 0 Å². The minimum atomic E-state index is -0.287. The van der Waals surface area contributed by atoms with Crippen molar-refractivity contribution in [2.24, 2.45) is 0 Å². The molecule has 20 heavy (non-hydrogen) atoms. The zero-order valence-electron chi connectivity index (χ0n) is 11.0. The largest absolute Gasteiger partial charge is 0.394 e. The van der Waals surface area contributed by atoms with Crippen LogP contribution in [0.25, 0.3) is 0 Å². The van der Waals surface area contributed by atoms with E-state index in [4.69, 9.17) is 0 Å². The van der Waals surface area contributed by atoms with Gasteiger partial charge >= 0.3 is 0 Å². The maximum atomic E-state index is 12.0. The van der Waals surface area contributed by atoms with Crippen molar-refractivity contribution in [3.8, 4) is 0 Å². The second-order valence-corrected chi connectivity index (χ2v) is 5.58. The normalized spacial score (nSPS) is 18.1. The average Bonchev–Trinajstić information content (AvgIpc) is 2.93. The number of aliphatic hydroxyl groups excluding tert-OH is 1. The van der Waals surface area contributed by atoms with Gasteiger partial charge in [-0.25, -0.2) is 0 Å². The lowest BCUT2D eigenvalue weighted by Crippen LogP contribution is -2.43. The maximum absolute atomic E-state index is 12.0. The van der Waals surface area contributed by atoms with Gasteiger partial charge in [0.1, 0.15) is 0 Å². The predicted molar refractivity (Wildman–Crippen MR) is 78.3 cm³/mol. The standard InChI is InChI=1S/C14H17BrN2O3/c15-12-6-2-1-5-11(12)14(20)16-8-13(19)17-7-3-4-10(17)9-18/h1-2,5-6,10,18H,3-4,7-9H2,(H,16,20)/t10-/m1/s1. The van der Waals surface area contributed by atoms with Crippen molar-refractivity contribution in [1.82, 2.24) is 10.2 Å². The minimum absolute atomic E-state index is 0.0239. The Morgan fingerprint density at radius 1 is 1.40 bits per heavy atom. The van der Waals surface area contributed by atoms with Crippen LogP contribution in [0.1, 0.15) is 23.2 Å². The number of carbonyl (C=O) groups is 2. The molecule has 6 heteroatoms. The van der Waals surface area contributed by atoms with Crippen molar-refractivity contribution < 1.29 is 14.7 Å². The number of amides is 2. The molecule has 2 N–H and O–H groups in total. The lowest BCUT2D eigenvalue weighted by Gasteiger charge is -2.23. The number of rotatable bonds is 4. The number of hydrogen-bond donors (Lipinski definition) is 2. The third-order valence-corrected chi connectivity index (χ3v) is 4.12. The number of benzene rings is 1. The Hall–Kier alpha value is -1.40. The van der Waals surface area contributed by atoms with Crippen LogP contribution >= 0.6 is 15.9 Å². The number of carbonyl (C=O) groups excluding carboxylic acids is 2. The van der Waals surface area contributed by atoms with Crippen LogP contribution in [-0.4, -0.2) is 47.6 Å². The molecule has 1 heterocycles. The van der Waals surface area contributed by atoms with Gasteiger partial charge in [0.2, 0.25) is 5.91 Å². The molecule has 0 bridgehead atoms. The van der Waals surface area contributed by atoms with E-state index in [1.165, 1.54) is 0 Å². The number of likely N-dealkylation sites (tertiary alicyclic amines) is 1. The Labute approximate surface area is 126 Å². The van der Waals surface area contributed by atoms with Crippen LogP contribution in [0.5, 0.6) is 0 Å². The summed E-state index contributed by atoms with van der Waals surface area (Å²) < 4.78 is 0.694. The first-order chi connectivity index (χ1) is 9.63. The SMILES string of the molecule is O=C(NCC(=O)N1CCC[C@@H]1CO)c1ccccc1Br. The Bertz CT molecular complexity index is 507. The van der Waals surface area contributed by atoms with E-state index in [0.717, 1.165) is 12.8 Å². The molecule has 0 saturated carbocycles. The molecule has 0 spiro atoms. The van der Waals surface area contributed by atoms with Crippen molar-refractivity contribution in [2.75, 3.05) is 19.7 Å². The molecule has 1 saturated heterocycles. The number of halogens is 1. The van der Waals surface area contributed by atoms with Crippen molar-refractivity contribution in [3.05, 3.63) is 34.3 Å².